The van der Waals surface area contributed by atoms with Gasteiger partial charge in [0.15, 0.2) is 0 Å². The van der Waals surface area contributed by atoms with Crippen LogP contribution in [-0.4, -0.2) is 9.13 Å². The molecule has 4 heteroatoms. The molecule has 0 saturated heterocycles. The molecule has 0 fully saturated rings. The molecular formula is C73H68N2OS. The zero-order chi connectivity index (χ0) is 53.9. The van der Waals surface area contributed by atoms with Crippen LogP contribution < -0.4 is 0 Å². The number of fused-ring (bicyclic) bond motifs is 15. The van der Waals surface area contributed by atoms with Gasteiger partial charge in [0.25, 0.3) is 0 Å². The van der Waals surface area contributed by atoms with Gasteiger partial charge in [-0.2, -0.15) is 0 Å². The highest BCUT2D eigenvalue weighted by atomic mass is 32.1. The van der Waals surface area contributed by atoms with E-state index in [1.807, 2.05) is 17.4 Å². The van der Waals surface area contributed by atoms with Crippen molar-refractivity contribution in [3.63, 3.8) is 0 Å². The van der Waals surface area contributed by atoms with Crippen LogP contribution in [0.1, 0.15) is 69.5 Å². The van der Waals surface area contributed by atoms with E-state index in [-0.39, 0.29) is 5.41 Å². The van der Waals surface area contributed by atoms with E-state index in [1.165, 1.54) is 141 Å². The molecule has 0 spiro atoms. The molecule has 1 aliphatic rings. The van der Waals surface area contributed by atoms with Crippen LogP contribution in [0.4, 0.5) is 0 Å². The maximum atomic E-state index is 5.84. The summed E-state index contributed by atoms with van der Waals surface area (Å²) in [6.45, 7) is 21.9. The molecule has 14 aromatic rings. The van der Waals surface area contributed by atoms with Gasteiger partial charge in [-0.15, -0.1) is 11.3 Å². The van der Waals surface area contributed by atoms with E-state index in [0.717, 1.165) is 11.2 Å². The van der Waals surface area contributed by atoms with Gasteiger partial charge in [0.1, 0.15) is 11.2 Å². The summed E-state index contributed by atoms with van der Waals surface area (Å²) in [4.78, 5) is 0. The predicted octanol–water partition coefficient (Wildman–Crippen LogP) is 20.8. The van der Waals surface area contributed by atoms with Crippen molar-refractivity contribution in [1.29, 1.82) is 0 Å². The van der Waals surface area contributed by atoms with Gasteiger partial charge in [0.2, 0.25) is 0 Å². The minimum absolute atomic E-state index is 0.143. The highest BCUT2D eigenvalue weighted by molar-refractivity contribution is 7.26. The third-order valence-corrected chi connectivity index (χ3v) is 17.2. The second kappa shape index (κ2) is 20.4. The van der Waals surface area contributed by atoms with Gasteiger partial charge in [-0.05, 0) is 154 Å². The van der Waals surface area contributed by atoms with Crippen molar-refractivity contribution in [3.8, 4) is 11.1 Å². The molecule has 3 nitrogen and oxygen atoms in total. The third-order valence-electron chi connectivity index (χ3n) is 15.9. The number of para-hydroxylation sites is 3. The van der Waals surface area contributed by atoms with Gasteiger partial charge in [0, 0.05) is 94.1 Å². The smallest absolute Gasteiger partial charge is 0.138 e. The lowest BCUT2D eigenvalue weighted by Gasteiger charge is -2.23. The molecule has 0 bridgehead atoms. The van der Waals surface area contributed by atoms with Gasteiger partial charge >= 0.3 is 0 Å². The zero-order valence-electron chi connectivity index (χ0n) is 46.7. The number of hydrogen-bond acceptors (Lipinski definition) is 2. The second-order valence-electron chi connectivity index (χ2n) is 22.0. The molecular weight excluding hydrogens is 953 g/mol. The Hall–Kier alpha value is -8.18. The highest BCUT2D eigenvalue weighted by Crippen LogP contribution is 2.50. The molecule has 0 N–H and O–H groups in total. The monoisotopic (exact) mass is 1020 g/mol. The average molecular weight is 1020 g/mol. The van der Waals surface area contributed by atoms with E-state index in [2.05, 4.69) is 281 Å². The largest absolute Gasteiger partial charge is 0.456 e. The SMILES string of the molecule is Cc1ccc2c(c1)-c1cccc(C)c1C2(C)C.Cc1ccc2c(c1)c1ccccc1n2C.Cc1ccc2c3ccccc3n(C)c2c1.Cc1ccc2oc3c(C)cccc3c2c1.Cc1ccc2sc3c(C)cccc3c2c1. The summed E-state index contributed by atoms with van der Waals surface area (Å²) in [5.74, 6) is 0. The molecule has 4 aromatic heterocycles. The second-order valence-corrected chi connectivity index (χ2v) is 23.0. The van der Waals surface area contributed by atoms with E-state index >= 15 is 0 Å². The molecule has 1 aliphatic carbocycles. The first-order chi connectivity index (χ1) is 37.1. The van der Waals surface area contributed by atoms with E-state index in [4.69, 9.17) is 4.42 Å². The highest BCUT2D eigenvalue weighted by Gasteiger charge is 2.36. The lowest BCUT2D eigenvalue weighted by atomic mass is 9.80. The predicted molar refractivity (Wildman–Crippen MR) is 336 cm³/mol. The van der Waals surface area contributed by atoms with Crippen molar-refractivity contribution in [2.24, 2.45) is 14.1 Å². The normalized spacial score (nSPS) is 12.3. The Morgan fingerprint density at radius 3 is 1.61 bits per heavy atom. The Balaban J connectivity index is 0.000000102. The Bertz CT molecular complexity index is 4420. The standard InChI is InChI=1S/C17H18.2C14H13N.C14H12O.C14H12S/c1-11-8-9-15-14(10-11)13-7-5-6-12(2)16(13)17(15,3)4;1-10-7-8-14-12(9-10)11-5-3-4-6-13(11)15(14)2;1-10-7-8-12-11-5-3-4-6-13(11)15(2)14(12)9-10;2*1-9-6-7-13-12(8-9)11-5-3-4-10(2)14(11)15-13/h5-10H,1-4H3;2*3-9H,1-2H3;2*3-8H,1-2H3. The van der Waals surface area contributed by atoms with Gasteiger partial charge < -0.3 is 13.6 Å². The summed E-state index contributed by atoms with van der Waals surface area (Å²) in [6, 6.07) is 69.7. The van der Waals surface area contributed by atoms with Gasteiger partial charge in [-0.3, -0.25) is 0 Å². The van der Waals surface area contributed by atoms with Crippen molar-refractivity contribution >= 4 is 97.1 Å². The van der Waals surface area contributed by atoms with Crippen molar-refractivity contribution in [1.82, 2.24) is 9.13 Å². The van der Waals surface area contributed by atoms with Gasteiger partial charge in [0.05, 0.1) is 0 Å². The van der Waals surface area contributed by atoms with Crippen molar-refractivity contribution in [2.45, 2.75) is 74.7 Å². The fourth-order valence-corrected chi connectivity index (χ4v) is 13.1. The van der Waals surface area contributed by atoms with Gasteiger partial charge in [-0.1, -0.05) is 176 Å². The Labute approximate surface area is 457 Å². The van der Waals surface area contributed by atoms with Crippen LogP contribution in [0.15, 0.2) is 199 Å². The summed E-state index contributed by atoms with van der Waals surface area (Å²) in [5, 5.41) is 10.6. The Kier molecular flexibility index (Phi) is 13.5. The molecule has 4 heterocycles. The van der Waals surface area contributed by atoms with E-state index < -0.39 is 0 Å². The first kappa shape index (κ1) is 51.0. The lowest BCUT2D eigenvalue weighted by Crippen LogP contribution is -2.16. The number of benzene rings is 10. The first-order valence-corrected chi connectivity index (χ1v) is 27.7. The summed E-state index contributed by atoms with van der Waals surface area (Å²) in [7, 11) is 4.25. The van der Waals surface area contributed by atoms with Crippen molar-refractivity contribution < 1.29 is 4.42 Å². The number of nitrogens with zero attached hydrogens (tertiary/aromatic N) is 2. The number of furan rings is 1. The van der Waals surface area contributed by atoms with Crippen LogP contribution in [0, 0.1) is 55.4 Å². The molecule has 0 aliphatic heterocycles. The minimum atomic E-state index is 0.143. The fourth-order valence-electron chi connectivity index (χ4n) is 11.9. The topological polar surface area (TPSA) is 23.0 Å². The molecule has 0 radical (unpaired) electrons. The number of rotatable bonds is 0. The maximum absolute atomic E-state index is 5.84. The van der Waals surface area contributed by atoms with E-state index in [9.17, 15) is 0 Å². The fraction of sp³-hybridized carbons (Fsp3) is 0.178. The van der Waals surface area contributed by atoms with Crippen LogP contribution in [0.3, 0.4) is 0 Å². The molecule has 382 valence electrons. The maximum Gasteiger partial charge on any atom is 0.138 e. The molecule has 0 saturated carbocycles. The van der Waals surface area contributed by atoms with E-state index in [1.54, 1.807) is 0 Å². The van der Waals surface area contributed by atoms with E-state index in [0.29, 0.717) is 0 Å². The van der Waals surface area contributed by atoms with Crippen LogP contribution in [0.25, 0.3) is 96.8 Å². The summed E-state index contributed by atoms with van der Waals surface area (Å²) < 4.78 is 13.2. The lowest BCUT2D eigenvalue weighted by molar-refractivity contribution is 0.655. The zero-order valence-corrected chi connectivity index (χ0v) is 47.5. The van der Waals surface area contributed by atoms with Crippen LogP contribution in [0.2, 0.25) is 0 Å². The molecule has 0 atom stereocenters. The van der Waals surface area contributed by atoms with Gasteiger partial charge in [-0.25, -0.2) is 0 Å². The van der Waals surface area contributed by atoms with Crippen molar-refractivity contribution in [2.75, 3.05) is 0 Å². The Morgan fingerprint density at radius 2 is 0.870 bits per heavy atom. The summed E-state index contributed by atoms with van der Waals surface area (Å²) >= 11 is 1.90. The number of thiophene rings is 1. The first-order valence-electron chi connectivity index (χ1n) is 26.9. The van der Waals surface area contributed by atoms with Crippen LogP contribution in [-0.2, 0) is 19.5 Å². The molecule has 77 heavy (non-hydrogen) atoms. The molecule has 0 unspecified atom stereocenters. The van der Waals surface area contributed by atoms with Crippen LogP contribution >= 0.6 is 11.3 Å². The molecule has 10 aromatic carbocycles. The third kappa shape index (κ3) is 9.40. The quantitative estimate of drug-likeness (QED) is 0.148. The van der Waals surface area contributed by atoms with Crippen molar-refractivity contribution in [3.05, 3.63) is 250 Å². The number of hydrogen-bond donors (Lipinski definition) is 0. The Morgan fingerprint density at radius 1 is 0.364 bits per heavy atom. The van der Waals surface area contributed by atoms with Crippen LogP contribution in [0.5, 0.6) is 0 Å². The number of aryl methyl sites for hydroxylation is 10. The molecule has 15 rings (SSSR count). The molecule has 0 amide bonds. The summed E-state index contributed by atoms with van der Waals surface area (Å²) in [5.41, 5.74) is 23.7. The minimum Gasteiger partial charge on any atom is -0.456 e. The average Bonchev–Trinajstić information content (AvgIpc) is 4.25. The summed E-state index contributed by atoms with van der Waals surface area (Å²) in [6.07, 6.45) is 0. The number of aromatic nitrogens is 2.